The van der Waals surface area contributed by atoms with Gasteiger partial charge in [-0.2, -0.15) is 0 Å². The molecule has 0 bridgehead atoms. The molecule has 162 valence electrons. The second kappa shape index (κ2) is 26.9. The van der Waals surface area contributed by atoms with E-state index in [4.69, 9.17) is 74.5 Å². The molecule has 12 N–H and O–H groups in total. The van der Waals surface area contributed by atoms with E-state index in [0.29, 0.717) is 17.4 Å². The van der Waals surface area contributed by atoms with Gasteiger partial charge >= 0.3 is 48.1 Å². The van der Waals surface area contributed by atoms with E-state index >= 15 is 0 Å². The van der Waals surface area contributed by atoms with Gasteiger partial charge in [-0.3, -0.25) is 4.98 Å². The van der Waals surface area contributed by atoms with Crippen LogP contribution in [0.5, 0.6) is 17.4 Å². The zero-order chi connectivity index (χ0) is 23.3. The van der Waals surface area contributed by atoms with Gasteiger partial charge in [0.25, 0.3) is 0 Å². The summed E-state index contributed by atoms with van der Waals surface area (Å²) in [4.78, 5) is 3.89. The second-order valence-corrected chi connectivity index (χ2v) is 3.38. The number of nitrogens with zero attached hydrogens (tertiary/aromatic N) is 1. The minimum absolute atomic E-state index is 0. The molecule has 0 unspecified atom stereocenters. The summed E-state index contributed by atoms with van der Waals surface area (Å²) in [6.07, 6.45) is 1.52. The van der Waals surface area contributed by atoms with Gasteiger partial charge in [-0.05, 0) is 11.9 Å². The molecular weight excluding hydrogens is 400 g/mol. The topological polar surface area (TPSA) is 283 Å². The van der Waals surface area contributed by atoms with Crippen LogP contribution in [-0.4, -0.2) is 116 Å². The van der Waals surface area contributed by atoms with Crippen molar-refractivity contribution in [3.8, 4) is 17.4 Å². The molecule has 0 saturated carbocycles. The van der Waals surface area contributed by atoms with Crippen molar-refractivity contribution in [2.45, 2.75) is 0 Å². The fourth-order valence-electron chi connectivity index (χ4n) is 0.768. The maximum Gasteiger partial charge on any atom is 1.00 e. The van der Waals surface area contributed by atoms with Crippen molar-refractivity contribution in [2.75, 3.05) is 21.3 Å². The van der Waals surface area contributed by atoms with Gasteiger partial charge in [0.1, 0.15) is 5.88 Å². The van der Waals surface area contributed by atoms with Crippen molar-refractivity contribution in [3.05, 3.63) is 12.3 Å². The molecule has 16 nitrogen and oxygen atoms in total. The fourth-order valence-corrected chi connectivity index (χ4v) is 0.768. The predicted molar refractivity (Wildman–Crippen MR) is 92.4 cm³/mol. The molecule has 0 saturated heterocycles. The number of rotatable bonds is 3. The van der Waals surface area contributed by atoms with Crippen molar-refractivity contribution in [1.82, 2.24) is 4.98 Å². The third-order valence-electron chi connectivity index (χ3n) is 1.36. The van der Waals surface area contributed by atoms with Gasteiger partial charge in [-0.1, -0.05) is 0 Å². The first-order valence-electron chi connectivity index (χ1n) is 6.46. The molecule has 0 radical (unpaired) electrons. The Balaban J connectivity index is -0.0000000949. The Labute approximate surface area is 179 Å². The van der Waals surface area contributed by atoms with Crippen molar-refractivity contribution in [3.63, 3.8) is 0 Å². The summed E-state index contributed by atoms with van der Waals surface area (Å²) in [6, 6.07) is 2.78. The number of hydrogen-bond donors (Lipinski definition) is 12. The van der Waals surface area contributed by atoms with Crippen LogP contribution in [-0.2, 0) is 0 Å². The molecule has 21 heteroatoms. The standard InChI is InChI=1S/C8H10NO3.4BH3O3.Li/c1-10-6-4-8(12-3)9-5-7(6)11-2;4*2-1(3)4;/h5H,1-3H3;4*2-4H;/q-1;;;;;+1. The SMILES string of the molecule is COc1[c-]c(OC)c(OC)cn1.OB(O)O.OB(O)O.OB(O)O.OB(O)O.[Li+]. The summed E-state index contributed by atoms with van der Waals surface area (Å²) in [5.41, 5.74) is 0. The molecule has 0 aromatic carbocycles. The second-order valence-electron chi connectivity index (χ2n) is 3.38. The van der Waals surface area contributed by atoms with Crippen LogP contribution >= 0.6 is 0 Å². The van der Waals surface area contributed by atoms with E-state index in [0.717, 1.165) is 0 Å². The Bertz CT molecular complexity index is 412. The third kappa shape index (κ3) is 52.1. The molecule has 0 aliphatic carbocycles. The molecule has 29 heavy (non-hydrogen) atoms. The van der Waals surface area contributed by atoms with Crippen molar-refractivity contribution < 1.29 is 93.4 Å². The van der Waals surface area contributed by atoms with Crippen LogP contribution in [0.4, 0.5) is 0 Å². The summed E-state index contributed by atoms with van der Waals surface area (Å²) >= 11 is 0. The first kappa shape index (κ1) is 38.5. The Morgan fingerprint density at radius 1 is 0.655 bits per heavy atom. The number of pyridine rings is 1. The average molecular weight is 422 g/mol. The van der Waals surface area contributed by atoms with Gasteiger partial charge in [-0.15, -0.1) is 6.07 Å². The zero-order valence-corrected chi connectivity index (χ0v) is 15.9. The van der Waals surface area contributed by atoms with Gasteiger partial charge in [0.15, 0.2) is 0 Å². The summed E-state index contributed by atoms with van der Waals surface area (Å²) in [7, 11) is -4.07. The predicted octanol–water partition coefficient (Wildman–Crippen LogP) is -10.3. The summed E-state index contributed by atoms with van der Waals surface area (Å²) in [6.45, 7) is 0. The van der Waals surface area contributed by atoms with Crippen LogP contribution in [0.1, 0.15) is 0 Å². The first-order valence-corrected chi connectivity index (χ1v) is 6.46. The van der Waals surface area contributed by atoms with Crippen molar-refractivity contribution in [2.24, 2.45) is 0 Å². The van der Waals surface area contributed by atoms with Gasteiger partial charge in [0.05, 0.1) is 21.3 Å². The Hall–Kier alpha value is -1.07. The van der Waals surface area contributed by atoms with E-state index < -0.39 is 29.3 Å². The Kier molecular flexibility index (Phi) is 35.8. The maximum absolute atomic E-state index is 7.17. The van der Waals surface area contributed by atoms with E-state index in [1.165, 1.54) is 20.4 Å². The minimum Gasteiger partial charge on any atom is -0.576 e. The number of hydrogen-bond acceptors (Lipinski definition) is 16. The van der Waals surface area contributed by atoms with Crippen molar-refractivity contribution in [1.29, 1.82) is 0 Å². The molecule has 0 fully saturated rings. The first-order chi connectivity index (χ1) is 12.7. The van der Waals surface area contributed by atoms with E-state index in [9.17, 15) is 0 Å². The Morgan fingerprint density at radius 2 is 0.966 bits per heavy atom. The summed E-state index contributed by atoms with van der Waals surface area (Å²) < 4.78 is 14.8. The number of ether oxygens (including phenoxy) is 3. The number of aromatic nitrogens is 1. The summed E-state index contributed by atoms with van der Waals surface area (Å²) in [5.74, 6) is 1.41. The van der Waals surface area contributed by atoms with Gasteiger partial charge < -0.3 is 74.5 Å². The van der Waals surface area contributed by atoms with Gasteiger partial charge in [0.2, 0.25) is 0 Å². The average Bonchev–Trinajstić information content (AvgIpc) is 2.52. The molecule has 1 aromatic rings. The minimum atomic E-state index is -2.17. The molecule has 0 aliphatic heterocycles. The smallest absolute Gasteiger partial charge is 0.576 e. The fraction of sp³-hybridized carbons (Fsp3) is 0.375. The zero-order valence-electron chi connectivity index (χ0n) is 15.9. The monoisotopic (exact) mass is 423 g/mol. The molecule has 1 aromatic heterocycles. The number of methoxy groups -OCH3 is 3. The van der Waals surface area contributed by atoms with Crippen molar-refractivity contribution >= 4 is 29.3 Å². The van der Waals surface area contributed by atoms with Crippen LogP contribution < -0.4 is 33.1 Å². The quantitative estimate of drug-likeness (QED) is 0.159. The van der Waals surface area contributed by atoms with Gasteiger partial charge in [-0.25, -0.2) is 0 Å². The molecular formula is C8H22B4LiNO15. The largest absolute Gasteiger partial charge is 1.00 e. The normalized spacial score (nSPS) is 7.55. The molecule has 0 aliphatic rings. The van der Waals surface area contributed by atoms with E-state index in [1.54, 1.807) is 7.11 Å². The van der Waals surface area contributed by atoms with Crippen LogP contribution in [0, 0.1) is 6.07 Å². The van der Waals surface area contributed by atoms with Crippen LogP contribution in [0.3, 0.4) is 0 Å². The van der Waals surface area contributed by atoms with Crippen LogP contribution in [0.2, 0.25) is 0 Å². The maximum atomic E-state index is 7.17. The van der Waals surface area contributed by atoms with E-state index in [1.807, 2.05) is 0 Å². The van der Waals surface area contributed by atoms with E-state index in [-0.39, 0.29) is 18.9 Å². The molecule has 0 amide bonds. The van der Waals surface area contributed by atoms with Crippen LogP contribution in [0.25, 0.3) is 0 Å². The van der Waals surface area contributed by atoms with Crippen LogP contribution in [0.15, 0.2) is 6.20 Å². The summed E-state index contributed by atoms with van der Waals surface area (Å²) in [5, 5.41) is 86.0. The third-order valence-corrected chi connectivity index (χ3v) is 1.36. The van der Waals surface area contributed by atoms with E-state index in [2.05, 4.69) is 11.1 Å². The van der Waals surface area contributed by atoms with Gasteiger partial charge in [0, 0.05) is 5.75 Å². The molecule has 0 spiro atoms. The molecule has 1 heterocycles. The molecule has 1 rings (SSSR count). The Morgan fingerprint density at radius 3 is 1.17 bits per heavy atom. The molecule has 0 atom stereocenters.